The van der Waals surface area contributed by atoms with E-state index in [2.05, 4.69) is 10.2 Å². The first-order valence-corrected chi connectivity index (χ1v) is 7.98. The molecular formula is C15H15ClFN5O3. The lowest BCUT2D eigenvalue weighted by atomic mass is 10.1. The van der Waals surface area contributed by atoms with Gasteiger partial charge in [0, 0.05) is 43.3 Å². The summed E-state index contributed by atoms with van der Waals surface area (Å²) in [5.41, 5.74) is 0.448. The zero-order valence-electron chi connectivity index (χ0n) is 13.1. The van der Waals surface area contributed by atoms with Gasteiger partial charge in [-0.1, -0.05) is 22.8 Å². The SMILES string of the molecule is O=C(c1cc([N+](=O)[O-])[nH]n1)N1CCN(Cc2c(F)cccc2Cl)CC1. The van der Waals surface area contributed by atoms with E-state index in [0.29, 0.717) is 43.3 Å². The molecule has 2 aromatic rings. The number of piperazine rings is 1. The van der Waals surface area contributed by atoms with Crippen LogP contribution < -0.4 is 0 Å². The van der Waals surface area contributed by atoms with E-state index in [-0.39, 0.29) is 23.2 Å². The minimum absolute atomic E-state index is 0.0114. The van der Waals surface area contributed by atoms with Crippen LogP contribution in [0.2, 0.25) is 5.02 Å². The van der Waals surface area contributed by atoms with E-state index < -0.39 is 4.92 Å². The van der Waals surface area contributed by atoms with Gasteiger partial charge in [0.25, 0.3) is 5.91 Å². The third-order valence-corrected chi connectivity index (χ3v) is 4.44. The van der Waals surface area contributed by atoms with Gasteiger partial charge in [-0.15, -0.1) is 5.10 Å². The molecule has 1 saturated heterocycles. The van der Waals surface area contributed by atoms with Gasteiger partial charge in [-0.2, -0.15) is 0 Å². The number of aromatic nitrogens is 2. The zero-order valence-corrected chi connectivity index (χ0v) is 13.9. The second-order valence-electron chi connectivity index (χ2n) is 5.66. The molecule has 0 atom stereocenters. The second-order valence-corrected chi connectivity index (χ2v) is 6.07. The number of hydrogen-bond donors (Lipinski definition) is 1. The van der Waals surface area contributed by atoms with Gasteiger partial charge in [0.15, 0.2) is 5.69 Å². The third-order valence-electron chi connectivity index (χ3n) is 4.08. The van der Waals surface area contributed by atoms with E-state index >= 15 is 0 Å². The number of nitrogens with one attached hydrogen (secondary N) is 1. The predicted octanol–water partition coefficient (Wildman–Crippen LogP) is 2.07. The third kappa shape index (κ3) is 3.77. The Morgan fingerprint density at radius 1 is 1.36 bits per heavy atom. The number of hydrogen-bond acceptors (Lipinski definition) is 5. The lowest BCUT2D eigenvalue weighted by Crippen LogP contribution is -2.48. The second kappa shape index (κ2) is 7.16. The van der Waals surface area contributed by atoms with Crippen LogP contribution in [-0.2, 0) is 6.54 Å². The molecule has 0 saturated carbocycles. The number of H-pyrrole nitrogens is 1. The van der Waals surface area contributed by atoms with Crippen molar-refractivity contribution in [3.63, 3.8) is 0 Å². The average molecular weight is 368 g/mol. The predicted molar refractivity (Wildman–Crippen MR) is 87.8 cm³/mol. The molecule has 1 aliphatic heterocycles. The summed E-state index contributed by atoms with van der Waals surface area (Å²) in [4.78, 5) is 25.9. The molecule has 8 nitrogen and oxygen atoms in total. The van der Waals surface area contributed by atoms with Gasteiger partial charge < -0.3 is 15.0 Å². The van der Waals surface area contributed by atoms with Gasteiger partial charge in [0.05, 0.1) is 6.07 Å². The number of carbonyl (C=O) groups excluding carboxylic acids is 1. The van der Waals surface area contributed by atoms with Crippen molar-refractivity contribution < 1.29 is 14.1 Å². The van der Waals surface area contributed by atoms with E-state index in [9.17, 15) is 19.3 Å². The van der Waals surface area contributed by atoms with Crippen molar-refractivity contribution in [3.8, 4) is 0 Å². The zero-order chi connectivity index (χ0) is 18.0. The molecule has 25 heavy (non-hydrogen) atoms. The first-order valence-electron chi connectivity index (χ1n) is 7.60. The minimum atomic E-state index is -0.639. The van der Waals surface area contributed by atoms with Crippen LogP contribution in [0, 0.1) is 15.9 Å². The minimum Gasteiger partial charge on any atom is -0.358 e. The van der Waals surface area contributed by atoms with Gasteiger partial charge >= 0.3 is 5.82 Å². The summed E-state index contributed by atoms with van der Waals surface area (Å²) in [6, 6.07) is 5.68. The standard InChI is InChI=1S/C15H15ClFN5O3/c16-11-2-1-3-12(17)10(11)9-20-4-6-21(7-5-20)15(23)13-8-14(19-18-13)22(24)25/h1-3,8H,4-7,9H2,(H,18,19). The number of nitro groups is 1. The number of rotatable bonds is 4. The molecule has 0 spiro atoms. The summed E-state index contributed by atoms with van der Waals surface area (Å²) in [7, 11) is 0. The van der Waals surface area contributed by atoms with Crippen LogP contribution in [0.25, 0.3) is 0 Å². The maximum Gasteiger partial charge on any atom is 0.343 e. The first-order chi connectivity index (χ1) is 12.0. The fourth-order valence-electron chi connectivity index (χ4n) is 2.69. The van der Waals surface area contributed by atoms with Crippen LogP contribution in [0.4, 0.5) is 10.2 Å². The van der Waals surface area contributed by atoms with Crippen LogP contribution in [0.3, 0.4) is 0 Å². The highest BCUT2D eigenvalue weighted by atomic mass is 35.5. The molecule has 1 aromatic carbocycles. The molecule has 1 N–H and O–H groups in total. The Labute approximate surface area is 147 Å². The summed E-state index contributed by atoms with van der Waals surface area (Å²) in [5, 5.41) is 16.9. The van der Waals surface area contributed by atoms with Crippen LogP contribution in [0.15, 0.2) is 24.3 Å². The molecule has 1 aliphatic rings. The van der Waals surface area contributed by atoms with Crippen LogP contribution >= 0.6 is 11.6 Å². The number of amides is 1. The first kappa shape index (κ1) is 17.3. The van der Waals surface area contributed by atoms with Crippen molar-refractivity contribution in [2.24, 2.45) is 0 Å². The van der Waals surface area contributed by atoms with E-state index in [1.54, 1.807) is 17.0 Å². The fourth-order valence-corrected chi connectivity index (χ4v) is 2.92. The van der Waals surface area contributed by atoms with E-state index in [1.165, 1.54) is 6.07 Å². The Morgan fingerprint density at radius 3 is 2.68 bits per heavy atom. The van der Waals surface area contributed by atoms with Crippen molar-refractivity contribution in [2.45, 2.75) is 6.54 Å². The van der Waals surface area contributed by atoms with Crippen molar-refractivity contribution in [1.29, 1.82) is 0 Å². The number of carbonyl (C=O) groups is 1. The lowest BCUT2D eigenvalue weighted by molar-refractivity contribution is -0.389. The van der Waals surface area contributed by atoms with Crippen LogP contribution in [0.5, 0.6) is 0 Å². The van der Waals surface area contributed by atoms with Crippen molar-refractivity contribution >= 4 is 23.3 Å². The van der Waals surface area contributed by atoms with Crippen LogP contribution in [0.1, 0.15) is 16.1 Å². The average Bonchev–Trinajstić information content (AvgIpc) is 3.09. The van der Waals surface area contributed by atoms with Gasteiger partial charge in [-0.3, -0.25) is 9.69 Å². The van der Waals surface area contributed by atoms with Gasteiger partial charge in [-0.25, -0.2) is 4.39 Å². The quantitative estimate of drug-likeness (QED) is 0.659. The smallest absolute Gasteiger partial charge is 0.343 e. The van der Waals surface area contributed by atoms with E-state index in [0.717, 1.165) is 6.07 Å². The summed E-state index contributed by atoms with van der Waals surface area (Å²) >= 11 is 6.04. The van der Waals surface area contributed by atoms with Crippen molar-refractivity contribution in [3.05, 3.63) is 56.5 Å². The topological polar surface area (TPSA) is 95.4 Å². The molecule has 3 rings (SSSR count). The molecule has 1 aromatic heterocycles. The highest BCUT2D eigenvalue weighted by molar-refractivity contribution is 6.31. The Bertz CT molecular complexity index is 784. The Balaban J connectivity index is 1.59. The van der Waals surface area contributed by atoms with Gasteiger partial charge in [0.2, 0.25) is 0 Å². The maximum atomic E-state index is 13.9. The van der Waals surface area contributed by atoms with Crippen molar-refractivity contribution in [2.75, 3.05) is 26.2 Å². The Morgan fingerprint density at radius 2 is 2.08 bits per heavy atom. The largest absolute Gasteiger partial charge is 0.358 e. The van der Waals surface area contributed by atoms with Crippen LogP contribution in [-0.4, -0.2) is 57.0 Å². The number of nitrogens with zero attached hydrogens (tertiary/aromatic N) is 4. The molecule has 0 aliphatic carbocycles. The Kier molecular flexibility index (Phi) is 4.95. The molecular weight excluding hydrogens is 353 g/mol. The lowest BCUT2D eigenvalue weighted by Gasteiger charge is -2.34. The monoisotopic (exact) mass is 367 g/mol. The highest BCUT2D eigenvalue weighted by Crippen LogP contribution is 2.21. The molecule has 0 bridgehead atoms. The molecule has 1 fully saturated rings. The molecule has 10 heteroatoms. The van der Waals surface area contributed by atoms with E-state index in [4.69, 9.17) is 11.6 Å². The summed E-state index contributed by atoms with van der Waals surface area (Å²) < 4.78 is 13.9. The molecule has 0 radical (unpaired) electrons. The summed E-state index contributed by atoms with van der Waals surface area (Å²) in [5.74, 6) is -1.04. The van der Waals surface area contributed by atoms with E-state index in [1.807, 2.05) is 4.90 Å². The molecule has 132 valence electrons. The van der Waals surface area contributed by atoms with Crippen molar-refractivity contribution in [1.82, 2.24) is 20.0 Å². The number of benzene rings is 1. The van der Waals surface area contributed by atoms with Gasteiger partial charge in [-0.05, 0) is 17.1 Å². The molecule has 1 amide bonds. The highest BCUT2D eigenvalue weighted by Gasteiger charge is 2.26. The number of halogens is 2. The maximum absolute atomic E-state index is 13.9. The normalized spacial score (nSPS) is 15.4. The Hall–Kier alpha value is -2.52. The number of aromatic amines is 1. The fraction of sp³-hybridized carbons (Fsp3) is 0.333. The summed E-state index contributed by atoms with van der Waals surface area (Å²) in [6.45, 7) is 2.30. The molecule has 2 heterocycles. The summed E-state index contributed by atoms with van der Waals surface area (Å²) in [6.07, 6.45) is 0. The molecule has 0 unspecified atom stereocenters. The van der Waals surface area contributed by atoms with Gasteiger partial charge in [0.1, 0.15) is 5.82 Å².